The van der Waals surface area contributed by atoms with Crippen LogP contribution in [-0.4, -0.2) is 30.1 Å². The molecule has 0 spiro atoms. The highest BCUT2D eigenvalue weighted by Gasteiger charge is 2.06. The van der Waals surface area contributed by atoms with Crippen molar-refractivity contribution in [3.8, 4) is 0 Å². The normalized spacial score (nSPS) is 10.0. The minimum absolute atomic E-state index is 0.0208. The smallest absolute Gasteiger partial charge is 0.407 e. The molecule has 0 saturated heterocycles. The van der Waals surface area contributed by atoms with Gasteiger partial charge in [-0.05, 0) is 40.0 Å². The third-order valence-electron chi connectivity index (χ3n) is 3.10. The molecule has 0 atom stereocenters. The zero-order chi connectivity index (χ0) is 17.2. The fourth-order valence-corrected chi connectivity index (χ4v) is 2.15. The molecule has 0 radical (unpaired) electrons. The Hall–Kier alpha value is -2.41. The molecule has 126 valence electrons. The van der Waals surface area contributed by atoms with Gasteiger partial charge >= 0.3 is 6.09 Å². The highest BCUT2D eigenvalue weighted by atomic mass is 79.9. The van der Waals surface area contributed by atoms with Crippen molar-refractivity contribution in [1.82, 2.24) is 10.3 Å². The maximum atomic E-state index is 11.7. The number of pyridine rings is 1. The molecule has 0 aliphatic carbocycles. The first-order chi connectivity index (χ1) is 11.6. The average molecular weight is 392 g/mol. The molecule has 24 heavy (non-hydrogen) atoms. The Bertz CT molecular complexity index is 663. The van der Waals surface area contributed by atoms with E-state index in [1.54, 1.807) is 18.3 Å². The van der Waals surface area contributed by atoms with Crippen molar-refractivity contribution in [3.63, 3.8) is 0 Å². The number of carbonyl (C=O) groups is 2. The van der Waals surface area contributed by atoms with Crippen LogP contribution in [0.5, 0.6) is 0 Å². The van der Waals surface area contributed by atoms with Crippen molar-refractivity contribution in [2.24, 2.45) is 0 Å². The maximum Gasteiger partial charge on any atom is 0.407 e. The number of hydrogen-bond acceptors (Lipinski definition) is 4. The quantitative estimate of drug-likeness (QED) is 0.710. The summed E-state index contributed by atoms with van der Waals surface area (Å²) >= 11 is 3.22. The molecule has 0 unspecified atom stereocenters. The van der Waals surface area contributed by atoms with Gasteiger partial charge in [-0.15, -0.1) is 0 Å². The number of amides is 2. The molecule has 0 bridgehead atoms. The molecular formula is C17H18BrN3O3. The summed E-state index contributed by atoms with van der Waals surface area (Å²) in [5.41, 5.74) is 1.73. The van der Waals surface area contributed by atoms with Crippen LogP contribution >= 0.6 is 15.9 Å². The summed E-state index contributed by atoms with van der Waals surface area (Å²) in [5, 5.41) is 5.33. The van der Waals surface area contributed by atoms with Gasteiger partial charge in [0.05, 0.1) is 18.3 Å². The van der Waals surface area contributed by atoms with Gasteiger partial charge in [0.1, 0.15) is 11.2 Å². The van der Waals surface area contributed by atoms with Gasteiger partial charge in [-0.2, -0.15) is 0 Å². The number of carbonyl (C=O) groups excluding carboxylic acids is 2. The highest BCUT2D eigenvalue weighted by molar-refractivity contribution is 9.10. The Kier molecular flexibility index (Phi) is 7.22. The summed E-state index contributed by atoms with van der Waals surface area (Å²) in [5.74, 6) is -0.240. The van der Waals surface area contributed by atoms with E-state index in [1.165, 1.54) is 0 Å². The molecule has 6 nitrogen and oxygen atoms in total. The number of nitrogens with one attached hydrogen (secondary N) is 2. The van der Waals surface area contributed by atoms with Crippen LogP contribution in [-0.2, 0) is 16.0 Å². The first-order valence-corrected chi connectivity index (χ1v) is 8.29. The average Bonchev–Trinajstić information content (AvgIpc) is 2.58. The van der Waals surface area contributed by atoms with Gasteiger partial charge in [-0.25, -0.2) is 9.78 Å². The van der Waals surface area contributed by atoms with Crippen LogP contribution < -0.4 is 10.6 Å². The largest absolute Gasteiger partial charge is 0.449 e. The van der Waals surface area contributed by atoms with Gasteiger partial charge in [-0.3, -0.25) is 4.79 Å². The van der Waals surface area contributed by atoms with E-state index in [-0.39, 0.29) is 18.9 Å². The Morgan fingerprint density at radius 1 is 1.12 bits per heavy atom. The van der Waals surface area contributed by atoms with Crippen molar-refractivity contribution in [1.29, 1.82) is 0 Å². The zero-order valence-electron chi connectivity index (χ0n) is 13.0. The van der Waals surface area contributed by atoms with E-state index in [9.17, 15) is 9.59 Å². The van der Waals surface area contributed by atoms with Crippen molar-refractivity contribution >= 4 is 33.6 Å². The molecule has 1 heterocycles. The van der Waals surface area contributed by atoms with E-state index in [4.69, 9.17) is 4.74 Å². The van der Waals surface area contributed by atoms with E-state index in [0.717, 1.165) is 12.0 Å². The second-order valence-corrected chi connectivity index (χ2v) is 5.78. The highest BCUT2D eigenvalue weighted by Crippen LogP contribution is 2.10. The fraction of sp³-hybridized carbons (Fsp3) is 0.235. The molecule has 2 aromatic rings. The molecule has 2 N–H and O–H groups in total. The number of alkyl carbamates (subject to hydrolysis) is 1. The van der Waals surface area contributed by atoms with Gasteiger partial charge in [0, 0.05) is 6.54 Å². The minimum atomic E-state index is -0.524. The van der Waals surface area contributed by atoms with Crippen molar-refractivity contribution < 1.29 is 14.3 Å². The van der Waals surface area contributed by atoms with Gasteiger partial charge in [0.2, 0.25) is 5.91 Å². The number of benzene rings is 1. The topological polar surface area (TPSA) is 80.3 Å². The third-order valence-corrected chi connectivity index (χ3v) is 3.57. The van der Waals surface area contributed by atoms with Gasteiger partial charge in [-0.1, -0.05) is 30.3 Å². The summed E-state index contributed by atoms with van der Waals surface area (Å²) < 4.78 is 5.66. The van der Waals surface area contributed by atoms with Crippen LogP contribution in [0.3, 0.4) is 0 Å². The lowest BCUT2D eigenvalue weighted by Crippen LogP contribution is -2.27. The molecule has 2 rings (SSSR count). The summed E-state index contributed by atoms with van der Waals surface area (Å²) in [4.78, 5) is 27.3. The van der Waals surface area contributed by atoms with Gasteiger partial charge in [0.25, 0.3) is 0 Å². The zero-order valence-corrected chi connectivity index (χ0v) is 14.6. The molecular weight excluding hydrogens is 374 g/mol. The number of aromatic nitrogens is 1. The Balaban J connectivity index is 1.58. The molecule has 2 amide bonds. The van der Waals surface area contributed by atoms with Gasteiger partial charge in [0.15, 0.2) is 0 Å². The van der Waals surface area contributed by atoms with Crippen molar-refractivity contribution in [2.75, 3.05) is 18.5 Å². The lowest BCUT2D eigenvalue weighted by atomic mass is 10.1. The SMILES string of the molecule is O=C(CCOC(=O)NCCc1ccccc1)Nc1ccc(Br)nc1. The standard InChI is InChI=1S/C17H18BrN3O3/c18-15-7-6-14(12-20-15)21-16(22)9-11-24-17(23)19-10-8-13-4-2-1-3-5-13/h1-7,12H,8-11H2,(H,19,23)(H,21,22). The van der Waals surface area contributed by atoms with E-state index in [0.29, 0.717) is 16.8 Å². The number of anilines is 1. The summed E-state index contributed by atoms with van der Waals surface area (Å²) in [7, 11) is 0. The second-order valence-electron chi connectivity index (χ2n) is 4.97. The monoisotopic (exact) mass is 391 g/mol. The number of hydrogen-bond donors (Lipinski definition) is 2. The van der Waals surface area contributed by atoms with Crippen LogP contribution in [0.2, 0.25) is 0 Å². The van der Waals surface area contributed by atoms with Crippen molar-refractivity contribution in [2.45, 2.75) is 12.8 Å². The summed E-state index contributed by atoms with van der Waals surface area (Å²) in [6.07, 6.45) is 1.83. The molecule has 0 aliphatic rings. The van der Waals surface area contributed by atoms with E-state index in [1.807, 2.05) is 30.3 Å². The van der Waals surface area contributed by atoms with Crippen LogP contribution in [0.25, 0.3) is 0 Å². The molecule has 0 aliphatic heterocycles. The molecule has 1 aromatic heterocycles. The molecule has 0 saturated carbocycles. The van der Waals surface area contributed by atoms with Gasteiger partial charge < -0.3 is 15.4 Å². The number of rotatable bonds is 7. The molecule has 0 fully saturated rings. The maximum absolute atomic E-state index is 11.7. The predicted molar refractivity (Wildman–Crippen MR) is 94.7 cm³/mol. The lowest BCUT2D eigenvalue weighted by Gasteiger charge is -2.08. The minimum Gasteiger partial charge on any atom is -0.449 e. The molecule has 1 aromatic carbocycles. The van der Waals surface area contributed by atoms with Crippen molar-refractivity contribution in [3.05, 3.63) is 58.8 Å². The number of ether oxygens (including phenoxy) is 1. The number of nitrogens with zero attached hydrogens (tertiary/aromatic N) is 1. The van der Waals surface area contributed by atoms with Crippen LogP contribution in [0.4, 0.5) is 10.5 Å². The second kappa shape index (κ2) is 9.67. The lowest BCUT2D eigenvalue weighted by molar-refractivity contribution is -0.116. The van der Waals surface area contributed by atoms with Crippen LogP contribution in [0.1, 0.15) is 12.0 Å². The van der Waals surface area contributed by atoms with E-state index in [2.05, 4.69) is 31.5 Å². The summed E-state index contributed by atoms with van der Waals surface area (Å²) in [6, 6.07) is 13.3. The fourth-order valence-electron chi connectivity index (χ4n) is 1.91. The van der Waals surface area contributed by atoms with E-state index >= 15 is 0 Å². The number of halogens is 1. The Labute approximate surface area is 148 Å². The van der Waals surface area contributed by atoms with Crippen LogP contribution in [0.15, 0.2) is 53.3 Å². The predicted octanol–water partition coefficient (Wildman–Crippen LogP) is 3.14. The molecule has 7 heteroatoms. The third kappa shape index (κ3) is 6.78. The Morgan fingerprint density at radius 2 is 1.92 bits per heavy atom. The van der Waals surface area contributed by atoms with Crippen LogP contribution in [0, 0.1) is 0 Å². The summed E-state index contributed by atoms with van der Waals surface area (Å²) in [6.45, 7) is 0.507. The first-order valence-electron chi connectivity index (χ1n) is 7.49. The van der Waals surface area contributed by atoms with E-state index < -0.39 is 6.09 Å². The first kappa shape index (κ1) is 17.9. The Morgan fingerprint density at radius 3 is 2.62 bits per heavy atom.